The lowest BCUT2D eigenvalue weighted by molar-refractivity contribution is 1.21. The van der Waals surface area contributed by atoms with Gasteiger partial charge in [-0.3, -0.25) is 0 Å². The third kappa shape index (κ3) is 11.9. The molecule has 0 radical (unpaired) electrons. The Bertz CT molecular complexity index is 4500. The summed E-state index contributed by atoms with van der Waals surface area (Å²) in [5, 5.41) is 5.01. The highest BCUT2D eigenvalue weighted by molar-refractivity contribution is 5.96. The lowest BCUT2D eigenvalue weighted by Gasteiger charge is -2.26. The smallest absolute Gasteiger partial charge is 0.0487 e. The first kappa shape index (κ1) is 54.1. The second-order valence-corrected chi connectivity index (χ2v) is 21.5. The summed E-state index contributed by atoms with van der Waals surface area (Å²) in [6, 6.07) is 125. The first-order chi connectivity index (χ1) is 42.5. The zero-order valence-electron chi connectivity index (χ0n) is 48.3. The maximum atomic E-state index is 2.32. The normalized spacial score (nSPS) is 10.9. The van der Waals surface area contributed by atoms with Gasteiger partial charge >= 0.3 is 0 Å². The Morgan fingerprint density at radius 2 is 0.488 bits per heavy atom. The van der Waals surface area contributed by atoms with E-state index >= 15 is 0 Å². The maximum absolute atomic E-state index is 2.32. The van der Waals surface area contributed by atoms with Gasteiger partial charge in [0.05, 0.1) is 0 Å². The van der Waals surface area contributed by atoms with Gasteiger partial charge in [-0.05, 0) is 176 Å². The van der Waals surface area contributed by atoms with E-state index in [1.807, 2.05) is 0 Å². The van der Waals surface area contributed by atoms with Crippen molar-refractivity contribution < 1.29 is 0 Å². The van der Waals surface area contributed by atoms with Crippen LogP contribution in [0.1, 0.15) is 0 Å². The summed E-state index contributed by atoms with van der Waals surface area (Å²) in [6.07, 6.45) is 0. The Morgan fingerprint density at radius 3 is 0.965 bits per heavy atom. The van der Waals surface area contributed by atoms with Crippen LogP contribution in [0.25, 0.3) is 66.1 Å². The molecule has 0 fully saturated rings. The van der Waals surface area contributed by atoms with Crippen LogP contribution in [0.3, 0.4) is 0 Å². The standard InChI is InChI=1S/2C41H32N2/c1-42(41-21-11-15-34-14-8-9-20-40(34)41)36-26-22-32(23-27-36)33-24-28-38(29-25-33)43(37-17-6-3-7-18-37)39-19-10-16-35(30-39)31-12-4-2-5-13-31;1-42(40-28-23-32-13-8-9-14-35(32)29-40)37-24-19-33(20-25-37)34-21-26-39(27-22-34)43(38-16-6-3-7-17-38)41-18-10-15-36(30-41)31-11-4-2-5-12-31/h2*2-30H,1H3. The van der Waals surface area contributed by atoms with Crippen molar-refractivity contribution in [3.8, 4) is 44.5 Å². The minimum absolute atomic E-state index is 1.12. The first-order valence-corrected chi connectivity index (χ1v) is 29.3. The molecule has 0 aliphatic rings. The maximum Gasteiger partial charge on any atom is 0.0487 e. The second kappa shape index (κ2) is 25.1. The number of anilines is 10. The minimum atomic E-state index is 1.12. The van der Waals surface area contributed by atoms with E-state index in [9.17, 15) is 0 Å². The van der Waals surface area contributed by atoms with Crippen LogP contribution in [0.4, 0.5) is 56.9 Å². The van der Waals surface area contributed by atoms with E-state index in [1.54, 1.807) is 0 Å². The summed E-state index contributed by atoms with van der Waals surface area (Å²) in [5.41, 5.74) is 21.0. The number of rotatable bonds is 14. The molecule has 0 bridgehead atoms. The number of fused-ring (bicyclic) bond motifs is 2. The predicted molar refractivity (Wildman–Crippen MR) is 368 cm³/mol. The van der Waals surface area contributed by atoms with Gasteiger partial charge in [0.15, 0.2) is 0 Å². The molecule has 0 aliphatic carbocycles. The van der Waals surface area contributed by atoms with Crippen LogP contribution in [0.15, 0.2) is 352 Å². The van der Waals surface area contributed by atoms with Gasteiger partial charge in [0.2, 0.25) is 0 Å². The molecular formula is C82H64N4. The van der Waals surface area contributed by atoms with Crippen LogP contribution < -0.4 is 19.6 Å². The van der Waals surface area contributed by atoms with Gasteiger partial charge in [0.25, 0.3) is 0 Å². The molecule has 4 nitrogen and oxygen atoms in total. The van der Waals surface area contributed by atoms with Crippen LogP contribution in [-0.2, 0) is 0 Å². The summed E-state index contributed by atoms with van der Waals surface area (Å²) in [6.45, 7) is 0. The summed E-state index contributed by atoms with van der Waals surface area (Å²) in [7, 11) is 4.26. The van der Waals surface area contributed by atoms with Crippen LogP contribution in [0.5, 0.6) is 0 Å². The molecule has 0 atom stereocenters. The molecule has 0 unspecified atom stereocenters. The fourth-order valence-corrected chi connectivity index (χ4v) is 11.5. The summed E-state index contributed by atoms with van der Waals surface area (Å²) >= 11 is 0. The molecule has 4 heteroatoms. The zero-order valence-corrected chi connectivity index (χ0v) is 48.3. The fraction of sp³-hybridized carbons (Fsp3) is 0.0244. The Labute approximate surface area is 505 Å². The third-order valence-corrected chi connectivity index (χ3v) is 16.1. The van der Waals surface area contributed by atoms with Crippen molar-refractivity contribution in [2.75, 3.05) is 33.7 Å². The van der Waals surface area contributed by atoms with Crippen molar-refractivity contribution in [1.82, 2.24) is 0 Å². The number of hydrogen-bond acceptors (Lipinski definition) is 4. The molecular weight excluding hydrogens is 1040 g/mol. The van der Waals surface area contributed by atoms with Gasteiger partial charge < -0.3 is 19.6 Å². The molecule has 14 aromatic rings. The number of para-hydroxylation sites is 2. The quantitative estimate of drug-likeness (QED) is 0.108. The molecule has 0 N–H and O–H groups in total. The van der Waals surface area contributed by atoms with Crippen molar-refractivity contribution in [1.29, 1.82) is 0 Å². The van der Waals surface area contributed by atoms with E-state index in [0.29, 0.717) is 0 Å². The van der Waals surface area contributed by atoms with E-state index < -0.39 is 0 Å². The largest absolute Gasteiger partial charge is 0.345 e. The highest BCUT2D eigenvalue weighted by Crippen LogP contribution is 2.41. The van der Waals surface area contributed by atoms with E-state index in [0.717, 1.165) is 45.5 Å². The summed E-state index contributed by atoms with van der Waals surface area (Å²) in [4.78, 5) is 9.13. The van der Waals surface area contributed by atoms with E-state index in [2.05, 4.69) is 386 Å². The fourth-order valence-electron chi connectivity index (χ4n) is 11.5. The second-order valence-electron chi connectivity index (χ2n) is 21.5. The molecule has 14 rings (SSSR count). The Morgan fingerprint density at radius 1 is 0.174 bits per heavy atom. The van der Waals surface area contributed by atoms with Gasteiger partial charge in [-0.1, -0.05) is 237 Å². The minimum Gasteiger partial charge on any atom is -0.345 e. The molecule has 0 saturated heterocycles. The Balaban J connectivity index is 0.000000160. The molecule has 0 saturated carbocycles. The van der Waals surface area contributed by atoms with Crippen molar-refractivity contribution in [2.24, 2.45) is 0 Å². The van der Waals surface area contributed by atoms with Gasteiger partial charge in [-0.25, -0.2) is 0 Å². The first-order valence-electron chi connectivity index (χ1n) is 29.3. The zero-order chi connectivity index (χ0) is 58.0. The number of hydrogen-bond donors (Lipinski definition) is 0. The van der Waals surface area contributed by atoms with Crippen LogP contribution >= 0.6 is 0 Å². The molecule has 0 aliphatic heterocycles. The average molecular weight is 1110 g/mol. The lowest BCUT2D eigenvalue weighted by Crippen LogP contribution is -2.10. The van der Waals surface area contributed by atoms with Crippen molar-refractivity contribution in [3.63, 3.8) is 0 Å². The van der Waals surface area contributed by atoms with E-state index in [1.165, 1.54) is 77.4 Å². The van der Waals surface area contributed by atoms with Gasteiger partial charge in [-0.15, -0.1) is 0 Å². The monoisotopic (exact) mass is 1100 g/mol. The number of benzene rings is 14. The van der Waals surface area contributed by atoms with Crippen molar-refractivity contribution in [2.45, 2.75) is 0 Å². The lowest BCUT2D eigenvalue weighted by atomic mass is 10.0. The van der Waals surface area contributed by atoms with Crippen molar-refractivity contribution in [3.05, 3.63) is 352 Å². The van der Waals surface area contributed by atoms with Crippen LogP contribution in [-0.4, -0.2) is 14.1 Å². The topological polar surface area (TPSA) is 13.0 Å². The predicted octanol–water partition coefficient (Wildman–Crippen LogP) is 22.8. The SMILES string of the molecule is CN(c1ccc(-c2ccc(N(c3ccccc3)c3cccc(-c4ccccc4)c3)cc2)cc1)c1ccc2ccccc2c1.CN(c1ccc(-c2ccc(N(c3ccccc3)c3cccc(-c4ccccc4)c3)cc2)cc1)c1cccc2ccccc12. The average Bonchev–Trinajstić information content (AvgIpc) is 3.72. The van der Waals surface area contributed by atoms with E-state index in [4.69, 9.17) is 0 Å². The summed E-state index contributed by atoms with van der Waals surface area (Å²) < 4.78 is 0. The molecule has 0 aromatic heterocycles. The molecule has 0 spiro atoms. The molecule has 412 valence electrons. The molecule has 0 heterocycles. The molecule has 86 heavy (non-hydrogen) atoms. The third-order valence-electron chi connectivity index (χ3n) is 16.1. The van der Waals surface area contributed by atoms with E-state index in [-0.39, 0.29) is 0 Å². The van der Waals surface area contributed by atoms with Crippen LogP contribution in [0, 0.1) is 0 Å². The Hall–Kier alpha value is -11.2. The van der Waals surface area contributed by atoms with Gasteiger partial charge in [0.1, 0.15) is 0 Å². The highest BCUT2D eigenvalue weighted by Gasteiger charge is 2.17. The molecule has 0 amide bonds. The van der Waals surface area contributed by atoms with Gasteiger partial charge in [0, 0.05) is 76.4 Å². The van der Waals surface area contributed by atoms with Crippen LogP contribution in [0.2, 0.25) is 0 Å². The Kier molecular flexibility index (Phi) is 15.8. The number of nitrogens with zero attached hydrogens (tertiary/aromatic N) is 4. The highest BCUT2D eigenvalue weighted by atomic mass is 15.1. The molecule has 14 aromatic carbocycles. The summed E-state index contributed by atoms with van der Waals surface area (Å²) in [5.74, 6) is 0. The van der Waals surface area contributed by atoms with Gasteiger partial charge in [-0.2, -0.15) is 0 Å². The van der Waals surface area contributed by atoms with Crippen molar-refractivity contribution >= 4 is 78.4 Å².